The average Bonchev–Trinajstić information content (AvgIpc) is 3.35. The van der Waals surface area contributed by atoms with Gasteiger partial charge in [0.1, 0.15) is 5.67 Å². The second-order valence-electron chi connectivity index (χ2n) is 8.12. The first-order chi connectivity index (χ1) is 11.8. The molecule has 1 atom stereocenters. The Morgan fingerprint density at radius 2 is 1.44 bits per heavy atom. The number of benzene rings is 2. The molecule has 0 spiro atoms. The maximum atomic E-state index is 14.4. The van der Waals surface area contributed by atoms with Gasteiger partial charge in [0, 0.05) is 0 Å². The minimum Gasteiger partial charge on any atom is -0.406 e. The predicted molar refractivity (Wildman–Crippen MR) is 105 cm³/mol. The van der Waals surface area contributed by atoms with Crippen LogP contribution in [0.15, 0.2) is 60.7 Å². The number of alkyl halides is 1. The lowest BCUT2D eigenvalue weighted by molar-refractivity contribution is 0.180. The van der Waals surface area contributed by atoms with Gasteiger partial charge in [0.25, 0.3) is 8.32 Å². The Balaban J connectivity index is 2.05. The van der Waals surface area contributed by atoms with E-state index >= 15 is 0 Å². The Bertz CT molecular complexity index is 655. The fourth-order valence-electron chi connectivity index (χ4n) is 3.62. The summed E-state index contributed by atoms with van der Waals surface area (Å²) >= 11 is 0. The quantitative estimate of drug-likeness (QED) is 0.804. The molecule has 2 N–H and O–H groups in total. The van der Waals surface area contributed by atoms with Gasteiger partial charge in [-0.1, -0.05) is 81.4 Å². The van der Waals surface area contributed by atoms with Crippen molar-refractivity contribution in [1.29, 1.82) is 0 Å². The van der Waals surface area contributed by atoms with Crippen LogP contribution in [0, 0.1) is 0 Å². The largest absolute Gasteiger partial charge is 0.406 e. The Kier molecular flexibility index (Phi) is 4.88. The van der Waals surface area contributed by atoms with E-state index in [1.807, 2.05) is 36.4 Å². The van der Waals surface area contributed by atoms with Crippen LogP contribution in [-0.2, 0) is 4.43 Å². The van der Waals surface area contributed by atoms with Gasteiger partial charge in [-0.3, -0.25) is 0 Å². The maximum absolute atomic E-state index is 14.4. The summed E-state index contributed by atoms with van der Waals surface area (Å²) in [7, 11) is -2.61. The first-order valence-corrected chi connectivity index (χ1v) is 10.9. The van der Waals surface area contributed by atoms with E-state index in [0.717, 1.165) is 0 Å². The molecule has 1 aliphatic carbocycles. The predicted octanol–water partition coefficient (Wildman–Crippen LogP) is 3.39. The van der Waals surface area contributed by atoms with E-state index in [-0.39, 0.29) is 11.6 Å². The van der Waals surface area contributed by atoms with E-state index in [1.165, 1.54) is 10.4 Å². The van der Waals surface area contributed by atoms with Crippen molar-refractivity contribution in [2.24, 2.45) is 5.73 Å². The zero-order valence-corrected chi connectivity index (χ0v) is 16.3. The van der Waals surface area contributed by atoms with Crippen molar-refractivity contribution in [1.82, 2.24) is 0 Å². The number of hydrogen-bond donors (Lipinski definition) is 1. The second-order valence-corrected chi connectivity index (χ2v) is 12.4. The molecule has 1 saturated carbocycles. The van der Waals surface area contributed by atoms with E-state index in [1.54, 1.807) is 0 Å². The van der Waals surface area contributed by atoms with Gasteiger partial charge in [0.15, 0.2) is 0 Å². The van der Waals surface area contributed by atoms with Gasteiger partial charge in [-0.15, -0.1) is 0 Å². The van der Waals surface area contributed by atoms with Gasteiger partial charge >= 0.3 is 0 Å². The van der Waals surface area contributed by atoms with E-state index in [4.69, 9.17) is 10.2 Å². The van der Waals surface area contributed by atoms with Crippen molar-refractivity contribution in [2.45, 2.75) is 50.4 Å². The highest BCUT2D eigenvalue weighted by Gasteiger charge is 2.53. The summed E-state index contributed by atoms with van der Waals surface area (Å²) in [6.07, 6.45) is 1.11. The van der Waals surface area contributed by atoms with E-state index in [2.05, 4.69) is 45.0 Å². The van der Waals surface area contributed by atoms with Gasteiger partial charge in [0.05, 0.1) is 12.6 Å². The van der Waals surface area contributed by atoms with Crippen LogP contribution < -0.4 is 16.1 Å². The third-order valence-electron chi connectivity index (χ3n) is 5.29. The molecule has 0 aliphatic heterocycles. The topological polar surface area (TPSA) is 35.2 Å². The molecule has 0 radical (unpaired) electrons. The second kappa shape index (κ2) is 6.67. The summed E-state index contributed by atoms with van der Waals surface area (Å²) in [6.45, 7) is 6.90. The summed E-state index contributed by atoms with van der Waals surface area (Å²) in [6, 6.07) is 20.2. The molecule has 4 heteroatoms. The highest BCUT2D eigenvalue weighted by Crippen LogP contribution is 2.43. The molecule has 3 rings (SSSR count). The van der Waals surface area contributed by atoms with Gasteiger partial charge in [-0.2, -0.15) is 0 Å². The highest BCUT2D eigenvalue weighted by molar-refractivity contribution is 6.99. The monoisotopic (exact) mass is 357 g/mol. The van der Waals surface area contributed by atoms with Crippen LogP contribution in [0.25, 0.3) is 0 Å². The molecule has 0 unspecified atom stereocenters. The molecular weight excluding hydrogens is 329 g/mol. The Morgan fingerprint density at radius 3 is 1.80 bits per heavy atom. The standard InChI is InChI=1S/C21H28FNOSi/c1-20(2,3)25(17-10-6-4-7-11-17,18-12-8-5-9-13-18)24-16-19(23)21(22)14-15-21/h4-13,19H,14-16,23H2,1-3H3/t19-/m1/s1. The Hall–Kier alpha value is -1.49. The van der Waals surface area contributed by atoms with Crippen molar-refractivity contribution in [2.75, 3.05) is 6.61 Å². The normalized spacial score (nSPS) is 18.0. The lowest BCUT2D eigenvalue weighted by atomic mass is 10.2. The molecule has 1 fully saturated rings. The fourth-order valence-corrected chi connectivity index (χ4v) is 8.20. The maximum Gasteiger partial charge on any atom is 0.261 e. The number of halogens is 1. The van der Waals surface area contributed by atoms with Crippen LogP contribution in [0.4, 0.5) is 4.39 Å². The Morgan fingerprint density at radius 1 is 1.00 bits per heavy atom. The molecule has 2 nitrogen and oxygen atoms in total. The van der Waals surface area contributed by atoms with E-state index in [0.29, 0.717) is 12.8 Å². The summed E-state index contributed by atoms with van der Waals surface area (Å²) in [5.74, 6) is 0. The first-order valence-electron chi connectivity index (χ1n) is 8.99. The van der Waals surface area contributed by atoms with Crippen LogP contribution in [0.1, 0.15) is 33.6 Å². The lowest BCUT2D eigenvalue weighted by Crippen LogP contribution is -2.67. The SMILES string of the molecule is CC(C)(C)[Si](OC[C@@H](N)C1(F)CC1)(c1ccccc1)c1ccccc1. The molecule has 25 heavy (non-hydrogen) atoms. The van der Waals surface area contributed by atoms with Crippen molar-refractivity contribution in [3.05, 3.63) is 60.7 Å². The van der Waals surface area contributed by atoms with Crippen LogP contribution in [0.2, 0.25) is 5.04 Å². The molecule has 0 saturated heterocycles. The lowest BCUT2D eigenvalue weighted by Gasteiger charge is -2.43. The van der Waals surface area contributed by atoms with E-state index in [9.17, 15) is 4.39 Å². The number of rotatable bonds is 6. The first kappa shape index (κ1) is 18.3. The minimum atomic E-state index is -2.61. The molecule has 0 amide bonds. The fraction of sp³-hybridized carbons (Fsp3) is 0.429. The zero-order valence-electron chi connectivity index (χ0n) is 15.3. The molecule has 0 bridgehead atoms. The number of hydrogen-bond acceptors (Lipinski definition) is 2. The summed E-state index contributed by atoms with van der Waals surface area (Å²) in [5, 5.41) is 2.29. The van der Waals surface area contributed by atoms with Crippen LogP contribution in [-0.4, -0.2) is 26.6 Å². The highest BCUT2D eigenvalue weighted by atomic mass is 28.4. The minimum absolute atomic E-state index is 0.109. The van der Waals surface area contributed by atoms with Gasteiger partial charge in [-0.05, 0) is 28.3 Å². The van der Waals surface area contributed by atoms with Crippen molar-refractivity contribution < 1.29 is 8.82 Å². The molecule has 134 valence electrons. The van der Waals surface area contributed by atoms with Crippen LogP contribution in [0.3, 0.4) is 0 Å². The third-order valence-corrected chi connectivity index (χ3v) is 10.3. The van der Waals surface area contributed by atoms with Gasteiger partial charge < -0.3 is 10.2 Å². The van der Waals surface area contributed by atoms with Crippen LogP contribution >= 0.6 is 0 Å². The molecule has 1 aliphatic rings. The summed E-state index contributed by atoms with van der Waals surface area (Å²) in [5.41, 5.74) is 4.91. The van der Waals surface area contributed by atoms with E-state index < -0.39 is 20.0 Å². The smallest absolute Gasteiger partial charge is 0.261 e. The molecule has 2 aromatic rings. The number of nitrogens with two attached hydrogens (primary N) is 1. The van der Waals surface area contributed by atoms with Gasteiger partial charge in [0.2, 0.25) is 0 Å². The van der Waals surface area contributed by atoms with Gasteiger partial charge in [-0.25, -0.2) is 4.39 Å². The molecule has 0 heterocycles. The molecule has 0 aromatic heterocycles. The van der Waals surface area contributed by atoms with Crippen molar-refractivity contribution in [3.63, 3.8) is 0 Å². The van der Waals surface area contributed by atoms with Crippen molar-refractivity contribution in [3.8, 4) is 0 Å². The zero-order chi connectivity index (χ0) is 18.1. The summed E-state index contributed by atoms with van der Waals surface area (Å²) < 4.78 is 21.0. The van der Waals surface area contributed by atoms with Crippen molar-refractivity contribution >= 4 is 18.7 Å². The average molecular weight is 358 g/mol. The summed E-state index contributed by atoms with van der Waals surface area (Å²) in [4.78, 5) is 0. The molecular formula is C21H28FNOSi. The molecule has 2 aromatic carbocycles. The Labute approximate surface area is 151 Å². The third kappa shape index (κ3) is 3.43. The van der Waals surface area contributed by atoms with Crippen LogP contribution in [0.5, 0.6) is 0 Å².